The summed E-state index contributed by atoms with van der Waals surface area (Å²) in [4.78, 5) is 1.33. The van der Waals surface area contributed by atoms with Crippen molar-refractivity contribution in [1.29, 1.82) is 0 Å². The molecule has 2 rings (SSSR count). The third-order valence-electron chi connectivity index (χ3n) is 3.68. The average molecular weight is 308 g/mol. The van der Waals surface area contributed by atoms with E-state index < -0.39 is 0 Å². The number of hydrogen-bond acceptors (Lipinski definition) is 1. The molecule has 1 unspecified atom stereocenters. The molecule has 0 aromatic carbocycles. The Balaban J connectivity index is 2.21. The summed E-state index contributed by atoms with van der Waals surface area (Å²) in [5.41, 5.74) is 0.367. The zero-order valence-electron chi connectivity index (χ0n) is 8.93. The molecule has 1 fully saturated rings. The maximum absolute atomic E-state index is 6.67. The van der Waals surface area contributed by atoms with Crippen molar-refractivity contribution in [3.05, 3.63) is 20.8 Å². The zero-order valence-corrected chi connectivity index (χ0v) is 12.1. The van der Waals surface area contributed by atoms with Crippen LogP contribution in [-0.4, -0.2) is 0 Å². The first kappa shape index (κ1) is 11.9. The SMILES string of the molecule is CCC1(C(Cl)c2ccc(Br)s2)CCCC1. The summed E-state index contributed by atoms with van der Waals surface area (Å²) in [6.45, 7) is 2.28. The van der Waals surface area contributed by atoms with Crippen LogP contribution in [0.1, 0.15) is 49.3 Å². The molecule has 15 heavy (non-hydrogen) atoms. The highest BCUT2D eigenvalue weighted by Crippen LogP contribution is 2.54. The lowest BCUT2D eigenvalue weighted by Crippen LogP contribution is -2.20. The first-order valence-electron chi connectivity index (χ1n) is 5.57. The Hall–Kier alpha value is 0.470. The van der Waals surface area contributed by atoms with Gasteiger partial charge in [-0.25, -0.2) is 0 Å². The van der Waals surface area contributed by atoms with Gasteiger partial charge in [0.2, 0.25) is 0 Å². The van der Waals surface area contributed by atoms with E-state index >= 15 is 0 Å². The highest BCUT2D eigenvalue weighted by Gasteiger charge is 2.40. The fourth-order valence-corrected chi connectivity index (χ4v) is 4.75. The summed E-state index contributed by atoms with van der Waals surface area (Å²) >= 11 is 12.0. The summed E-state index contributed by atoms with van der Waals surface area (Å²) in [6, 6.07) is 4.27. The number of thiophene rings is 1. The second kappa shape index (κ2) is 4.77. The van der Waals surface area contributed by atoms with Crippen molar-refractivity contribution in [2.24, 2.45) is 5.41 Å². The van der Waals surface area contributed by atoms with E-state index in [2.05, 4.69) is 35.0 Å². The van der Waals surface area contributed by atoms with E-state index in [4.69, 9.17) is 11.6 Å². The van der Waals surface area contributed by atoms with Crippen molar-refractivity contribution in [2.45, 2.75) is 44.4 Å². The highest BCUT2D eigenvalue weighted by molar-refractivity contribution is 9.11. The first-order chi connectivity index (χ1) is 7.18. The van der Waals surface area contributed by atoms with Gasteiger partial charge >= 0.3 is 0 Å². The number of hydrogen-bond donors (Lipinski definition) is 0. The summed E-state index contributed by atoms with van der Waals surface area (Å²) in [7, 11) is 0. The molecule has 0 radical (unpaired) electrons. The molecule has 0 nitrogen and oxygen atoms in total. The van der Waals surface area contributed by atoms with Crippen molar-refractivity contribution in [3.8, 4) is 0 Å². The van der Waals surface area contributed by atoms with Gasteiger partial charge in [-0.1, -0.05) is 19.8 Å². The normalized spacial score (nSPS) is 21.8. The van der Waals surface area contributed by atoms with Crippen LogP contribution in [0.3, 0.4) is 0 Å². The molecule has 1 aromatic heterocycles. The molecule has 0 saturated heterocycles. The minimum absolute atomic E-state index is 0.210. The Kier molecular flexibility index (Phi) is 3.79. The minimum Gasteiger partial charge on any atom is -0.132 e. The van der Waals surface area contributed by atoms with Crippen LogP contribution < -0.4 is 0 Å². The second-order valence-corrected chi connectivity index (χ2v) is 7.36. The largest absolute Gasteiger partial charge is 0.132 e. The molecule has 1 heterocycles. The van der Waals surface area contributed by atoms with Crippen LogP contribution in [0.2, 0.25) is 0 Å². The molecule has 1 aliphatic carbocycles. The van der Waals surface area contributed by atoms with Crippen LogP contribution in [0.4, 0.5) is 0 Å². The van der Waals surface area contributed by atoms with Crippen molar-refractivity contribution >= 4 is 38.9 Å². The predicted octanol–water partition coefficient (Wildman–Crippen LogP) is 5.76. The van der Waals surface area contributed by atoms with Gasteiger partial charge in [-0.3, -0.25) is 0 Å². The molecule has 84 valence electrons. The first-order valence-corrected chi connectivity index (χ1v) is 7.62. The van der Waals surface area contributed by atoms with Gasteiger partial charge in [0.1, 0.15) is 0 Å². The smallest absolute Gasteiger partial charge is 0.0734 e. The van der Waals surface area contributed by atoms with Gasteiger partial charge in [-0.15, -0.1) is 22.9 Å². The molecule has 0 amide bonds. The second-order valence-electron chi connectivity index (χ2n) is 4.43. The molecule has 1 saturated carbocycles. The van der Waals surface area contributed by atoms with E-state index in [1.807, 2.05) is 0 Å². The lowest BCUT2D eigenvalue weighted by molar-refractivity contribution is 0.273. The molecular formula is C12H16BrClS. The molecule has 3 heteroatoms. The Morgan fingerprint density at radius 2 is 2.13 bits per heavy atom. The molecule has 0 N–H and O–H groups in total. The van der Waals surface area contributed by atoms with Crippen molar-refractivity contribution < 1.29 is 0 Å². The van der Waals surface area contributed by atoms with Crippen LogP contribution in [0.25, 0.3) is 0 Å². The van der Waals surface area contributed by atoms with E-state index in [1.54, 1.807) is 11.3 Å². The van der Waals surface area contributed by atoms with E-state index in [9.17, 15) is 0 Å². The van der Waals surface area contributed by atoms with Crippen LogP contribution in [-0.2, 0) is 0 Å². The van der Waals surface area contributed by atoms with Crippen LogP contribution in [0.5, 0.6) is 0 Å². The Morgan fingerprint density at radius 3 is 2.60 bits per heavy atom. The van der Waals surface area contributed by atoms with Gasteiger partial charge < -0.3 is 0 Å². The van der Waals surface area contributed by atoms with E-state index in [0.29, 0.717) is 5.41 Å². The minimum atomic E-state index is 0.210. The van der Waals surface area contributed by atoms with E-state index in [0.717, 1.165) is 0 Å². The maximum atomic E-state index is 6.67. The number of rotatable bonds is 3. The van der Waals surface area contributed by atoms with Crippen LogP contribution in [0, 0.1) is 5.41 Å². The van der Waals surface area contributed by atoms with Crippen LogP contribution >= 0.6 is 38.9 Å². The summed E-state index contributed by atoms with van der Waals surface area (Å²) in [5, 5.41) is 0.210. The van der Waals surface area contributed by atoms with E-state index in [1.165, 1.54) is 40.8 Å². The van der Waals surface area contributed by atoms with Crippen molar-refractivity contribution in [3.63, 3.8) is 0 Å². The zero-order chi connectivity index (χ0) is 10.9. The van der Waals surface area contributed by atoms with Gasteiger partial charge in [-0.2, -0.15) is 0 Å². The average Bonchev–Trinajstić information content (AvgIpc) is 2.86. The molecule has 0 bridgehead atoms. The lowest BCUT2D eigenvalue weighted by atomic mass is 9.79. The topological polar surface area (TPSA) is 0 Å². The maximum Gasteiger partial charge on any atom is 0.0734 e. The fourth-order valence-electron chi connectivity index (χ4n) is 2.63. The molecule has 0 aliphatic heterocycles. The number of halogens is 2. The Morgan fingerprint density at radius 1 is 1.47 bits per heavy atom. The van der Waals surface area contributed by atoms with Crippen LogP contribution in [0.15, 0.2) is 15.9 Å². The van der Waals surface area contributed by atoms with Gasteiger partial charge in [0.25, 0.3) is 0 Å². The van der Waals surface area contributed by atoms with Gasteiger partial charge in [0, 0.05) is 4.88 Å². The van der Waals surface area contributed by atoms with Crippen molar-refractivity contribution in [1.82, 2.24) is 0 Å². The molecule has 0 spiro atoms. The van der Waals surface area contributed by atoms with Gasteiger partial charge in [0.15, 0.2) is 0 Å². The molecule has 1 aliphatic rings. The predicted molar refractivity (Wildman–Crippen MR) is 71.8 cm³/mol. The number of alkyl halides is 1. The third-order valence-corrected chi connectivity index (χ3v) is 6.20. The molecular weight excluding hydrogens is 292 g/mol. The fraction of sp³-hybridized carbons (Fsp3) is 0.667. The standard InChI is InChI=1S/C12H16BrClS/c1-2-12(7-3-4-8-12)11(14)9-5-6-10(13)15-9/h5-6,11H,2-4,7-8H2,1H3. The van der Waals surface area contributed by atoms with Crippen molar-refractivity contribution in [2.75, 3.05) is 0 Å². The summed E-state index contributed by atoms with van der Waals surface area (Å²) < 4.78 is 1.19. The quantitative estimate of drug-likeness (QED) is 0.623. The molecule has 1 atom stereocenters. The van der Waals surface area contributed by atoms with E-state index in [-0.39, 0.29) is 5.38 Å². The van der Waals surface area contributed by atoms with Gasteiger partial charge in [0.05, 0.1) is 9.16 Å². The van der Waals surface area contributed by atoms with Gasteiger partial charge in [-0.05, 0) is 52.7 Å². The Bertz CT molecular complexity index is 328. The summed E-state index contributed by atoms with van der Waals surface area (Å²) in [6.07, 6.45) is 6.50. The monoisotopic (exact) mass is 306 g/mol. The molecule has 1 aromatic rings. The highest BCUT2D eigenvalue weighted by atomic mass is 79.9. The third kappa shape index (κ3) is 2.27. The summed E-state index contributed by atoms with van der Waals surface area (Å²) in [5.74, 6) is 0. The lowest BCUT2D eigenvalue weighted by Gasteiger charge is -2.32. The Labute approximate surface area is 109 Å².